The number of halogens is 1. The lowest BCUT2D eigenvalue weighted by atomic mass is 10.2. The molecule has 1 aromatic heterocycles. The summed E-state index contributed by atoms with van der Waals surface area (Å²) in [7, 11) is 1.64. The zero-order chi connectivity index (χ0) is 13.9. The monoisotopic (exact) mass is 287 g/mol. The second-order valence-electron chi connectivity index (χ2n) is 4.46. The van der Waals surface area contributed by atoms with Gasteiger partial charge in [-0.2, -0.15) is 0 Å². The van der Waals surface area contributed by atoms with E-state index in [9.17, 15) is 0 Å². The summed E-state index contributed by atoms with van der Waals surface area (Å²) in [6.07, 6.45) is 0. The van der Waals surface area contributed by atoms with Gasteiger partial charge in [-0.15, -0.1) is 0 Å². The first-order valence-corrected chi connectivity index (χ1v) is 6.67. The highest BCUT2D eigenvalue weighted by Crippen LogP contribution is 2.25. The van der Waals surface area contributed by atoms with Gasteiger partial charge in [0.25, 0.3) is 0 Å². The van der Waals surface area contributed by atoms with Crippen molar-refractivity contribution in [3.63, 3.8) is 0 Å². The fourth-order valence-corrected chi connectivity index (χ4v) is 2.32. The van der Waals surface area contributed by atoms with Gasteiger partial charge in [0.05, 0.1) is 12.8 Å². The van der Waals surface area contributed by atoms with Crippen LogP contribution in [0.3, 0.4) is 0 Å². The van der Waals surface area contributed by atoms with Crippen LogP contribution in [-0.4, -0.2) is 12.1 Å². The molecule has 3 rings (SSSR count). The molecule has 0 spiro atoms. The summed E-state index contributed by atoms with van der Waals surface area (Å²) in [6.45, 7) is 0.470. The Bertz CT molecular complexity index is 719. The second kappa shape index (κ2) is 5.47. The number of nitrogens with one attached hydrogen (secondary N) is 1. The minimum absolute atomic E-state index is 0.470. The van der Waals surface area contributed by atoms with Crippen molar-refractivity contribution in [3.05, 3.63) is 59.2 Å². The number of aromatic nitrogens is 1. The fraction of sp³-hybridized carbons (Fsp3) is 0.125. The molecule has 0 aliphatic carbocycles. The summed E-state index contributed by atoms with van der Waals surface area (Å²) in [5.74, 6) is 1.62. The van der Waals surface area contributed by atoms with Gasteiger partial charge >= 0.3 is 0 Å². The summed E-state index contributed by atoms with van der Waals surface area (Å²) in [4.78, 5) is 3.30. The summed E-state index contributed by atoms with van der Waals surface area (Å²) in [6, 6.07) is 15.3. The molecule has 0 atom stereocenters. The maximum absolute atomic E-state index is 6.15. The van der Waals surface area contributed by atoms with Crippen LogP contribution in [0, 0.1) is 0 Å². The molecule has 0 fully saturated rings. The van der Waals surface area contributed by atoms with Crippen molar-refractivity contribution in [3.8, 4) is 11.5 Å². The van der Waals surface area contributed by atoms with E-state index in [4.69, 9.17) is 21.1 Å². The smallest absolute Gasteiger partial charge is 0.128 e. The van der Waals surface area contributed by atoms with Crippen LogP contribution in [0.25, 0.3) is 10.9 Å². The Morgan fingerprint density at radius 1 is 1.05 bits per heavy atom. The molecule has 3 aromatic rings. The third-order valence-corrected chi connectivity index (χ3v) is 3.45. The predicted octanol–water partition coefficient (Wildman–Crippen LogP) is 4.41. The average molecular weight is 288 g/mol. The molecule has 0 aliphatic heterocycles. The number of hydrogen-bond donors (Lipinski definition) is 1. The molecule has 3 nitrogen and oxygen atoms in total. The van der Waals surface area contributed by atoms with Crippen LogP contribution >= 0.6 is 11.6 Å². The van der Waals surface area contributed by atoms with Crippen LogP contribution in [0.1, 0.15) is 5.69 Å². The van der Waals surface area contributed by atoms with Crippen molar-refractivity contribution in [1.82, 2.24) is 4.98 Å². The van der Waals surface area contributed by atoms with Crippen LogP contribution in [-0.2, 0) is 6.61 Å². The van der Waals surface area contributed by atoms with Gasteiger partial charge in [-0.3, -0.25) is 0 Å². The van der Waals surface area contributed by atoms with Crippen LogP contribution < -0.4 is 9.47 Å². The Hall–Kier alpha value is -2.13. The van der Waals surface area contributed by atoms with E-state index in [1.165, 1.54) is 0 Å². The van der Waals surface area contributed by atoms with E-state index in [-0.39, 0.29) is 0 Å². The fourth-order valence-electron chi connectivity index (χ4n) is 2.09. The van der Waals surface area contributed by atoms with Crippen LogP contribution in [0.4, 0.5) is 0 Å². The molecule has 102 valence electrons. The maximum Gasteiger partial charge on any atom is 0.128 e. The zero-order valence-electron chi connectivity index (χ0n) is 11.0. The van der Waals surface area contributed by atoms with E-state index in [1.54, 1.807) is 7.11 Å². The molecule has 0 radical (unpaired) electrons. The summed E-state index contributed by atoms with van der Waals surface area (Å²) in [5.41, 5.74) is 2.01. The molecule has 1 N–H and O–H groups in total. The highest BCUT2D eigenvalue weighted by atomic mass is 35.5. The molecule has 4 heteroatoms. The number of rotatable bonds is 4. The Labute approximate surface area is 122 Å². The first kappa shape index (κ1) is 12.9. The molecule has 20 heavy (non-hydrogen) atoms. The maximum atomic E-state index is 6.15. The highest BCUT2D eigenvalue weighted by Gasteiger charge is 2.04. The average Bonchev–Trinajstić information content (AvgIpc) is 2.90. The largest absolute Gasteiger partial charge is 0.497 e. The van der Waals surface area contributed by atoms with Gasteiger partial charge in [0, 0.05) is 15.9 Å². The van der Waals surface area contributed by atoms with Crippen molar-refractivity contribution < 1.29 is 9.47 Å². The van der Waals surface area contributed by atoms with Crippen molar-refractivity contribution in [2.45, 2.75) is 6.61 Å². The quantitative estimate of drug-likeness (QED) is 0.771. The Morgan fingerprint density at radius 2 is 1.80 bits per heavy atom. The highest BCUT2D eigenvalue weighted by molar-refractivity contribution is 6.35. The van der Waals surface area contributed by atoms with Crippen molar-refractivity contribution >= 4 is 22.5 Å². The van der Waals surface area contributed by atoms with Gasteiger partial charge in [0.2, 0.25) is 0 Å². The number of aromatic amines is 1. The van der Waals surface area contributed by atoms with E-state index in [1.807, 2.05) is 48.5 Å². The van der Waals surface area contributed by atoms with Crippen LogP contribution in [0.5, 0.6) is 11.5 Å². The summed E-state index contributed by atoms with van der Waals surface area (Å²) < 4.78 is 10.8. The molecular weight excluding hydrogens is 274 g/mol. The number of benzene rings is 2. The molecular formula is C16H14ClNO2. The molecule has 2 aromatic carbocycles. The van der Waals surface area contributed by atoms with E-state index in [2.05, 4.69) is 4.98 Å². The van der Waals surface area contributed by atoms with Gasteiger partial charge in [0.15, 0.2) is 0 Å². The minimum atomic E-state index is 0.470. The van der Waals surface area contributed by atoms with Crippen LogP contribution in [0.2, 0.25) is 5.02 Å². The second-order valence-corrected chi connectivity index (χ2v) is 4.87. The number of fused-ring (bicyclic) bond motifs is 1. The number of methoxy groups -OCH3 is 1. The molecule has 1 heterocycles. The third kappa shape index (κ3) is 2.58. The van der Waals surface area contributed by atoms with Crippen LogP contribution in [0.15, 0.2) is 48.5 Å². The normalized spacial score (nSPS) is 10.7. The Kier molecular flexibility index (Phi) is 3.52. The number of ether oxygens (including phenoxy) is 2. The zero-order valence-corrected chi connectivity index (χ0v) is 11.8. The lowest BCUT2D eigenvalue weighted by Crippen LogP contribution is -1.95. The van der Waals surface area contributed by atoms with E-state index < -0.39 is 0 Å². The van der Waals surface area contributed by atoms with Crippen molar-refractivity contribution in [2.75, 3.05) is 7.11 Å². The summed E-state index contributed by atoms with van der Waals surface area (Å²) in [5, 5.41) is 1.76. The topological polar surface area (TPSA) is 34.2 Å². The van der Waals surface area contributed by atoms with E-state index >= 15 is 0 Å². The number of H-pyrrole nitrogens is 1. The molecule has 0 saturated carbocycles. The lowest BCUT2D eigenvalue weighted by Gasteiger charge is -2.05. The van der Waals surface area contributed by atoms with Gasteiger partial charge in [-0.25, -0.2) is 0 Å². The van der Waals surface area contributed by atoms with E-state index in [0.29, 0.717) is 6.61 Å². The van der Waals surface area contributed by atoms with Gasteiger partial charge in [0.1, 0.15) is 18.1 Å². The van der Waals surface area contributed by atoms with Crippen molar-refractivity contribution in [2.24, 2.45) is 0 Å². The summed E-state index contributed by atoms with van der Waals surface area (Å²) >= 11 is 6.15. The Morgan fingerprint density at radius 3 is 2.50 bits per heavy atom. The molecule has 0 unspecified atom stereocenters. The third-order valence-electron chi connectivity index (χ3n) is 3.12. The molecule has 0 amide bonds. The molecule has 0 aliphatic rings. The molecule has 0 saturated heterocycles. The van der Waals surface area contributed by atoms with E-state index in [0.717, 1.165) is 33.1 Å². The van der Waals surface area contributed by atoms with Gasteiger partial charge in [-0.1, -0.05) is 17.7 Å². The first-order chi connectivity index (χ1) is 9.76. The van der Waals surface area contributed by atoms with Crippen molar-refractivity contribution in [1.29, 1.82) is 0 Å². The standard InChI is InChI=1S/C16H14ClNO2/c1-19-12-5-7-13(8-6-12)20-10-11-9-14-15(17)3-2-4-16(14)18-11/h2-9,18H,10H2,1H3. The number of hydrogen-bond acceptors (Lipinski definition) is 2. The van der Waals surface area contributed by atoms with Gasteiger partial charge < -0.3 is 14.5 Å². The first-order valence-electron chi connectivity index (χ1n) is 6.29. The predicted molar refractivity (Wildman–Crippen MR) is 80.6 cm³/mol. The minimum Gasteiger partial charge on any atom is -0.497 e. The SMILES string of the molecule is COc1ccc(OCc2cc3c(Cl)cccc3[nH]2)cc1. The van der Waals surface area contributed by atoms with Gasteiger partial charge in [-0.05, 0) is 42.5 Å². The Balaban J connectivity index is 1.74. The lowest BCUT2D eigenvalue weighted by molar-refractivity contribution is 0.301. The molecule has 0 bridgehead atoms.